The third-order valence-corrected chi connectivity index (χ3v) is 3.64. The first-order chi connectivity index (χ1) is 8.29. The molecule has 0 aromatic rings. The number of carbonyl (C=O) groups is 1. The third-order valence-electron chi connectivity index (χ3n) is 3.64. The summed E-state index contributed by atoms with van der Waals surface area (Å²) in [5.41, 5.74) is 0. The van der Waals surface area contributed by atoms with Gasteiger partial charge in [-0.25, -0.2) is 4.79 Å². The molecule has 0 aromatic heterocycles. The molecule has 2 fully saturated rings. The van der Waals surface area contributed by atoms with Gasteiger partial charge in [0, 0.05) is 39.8 Å². The van der Waals surface area contributed by atoms with Crippen molar-refractivity contribution in [1.29, 1.82) is 0 Å². The maximum absolute atomic E-state index is 11.6. The number of likely N-dealkylation sites (tertiary alicyclic amines) is 1. The van der Waals surface area contributed by atoms with Gasteiger partial charge in [0.25, 0.3) is 0 Å². The number of hydrogen-bond donors (Lipinski definition) is 1. The predicted octanol–water partition coefficient (Wildman–Crippen LogP) is 0.370. The molecule has 0 aromatic carbocycles. The molecule has 1 atom stereocenters. The Kier molecular flexibility index (Phi) is 4.62. The number of nitrogens with one attached hydrogen (secondary N) is 1. The zero-order valence-corrected chi connectivity index (χ0v) is 10.7. The van der Waals surface area contributed by atoms with Gasteiger partial charge in [-0.15, -0.1) is 0 Å². The fraction of sp³-hybridized carbons (Fsp3) is 0.917. The molecule has 0 saturated carbocycles. The van der Waals surface area contributed by atoms with Crippen LogP contribution in [0.5, 0.6) is 0 Å². The molecule has 5 nitrogen and oxygen atoms in total. The highest BCUT2D eigenvalue weighted by molar-refractivity contribution is 5.73. The van der Waals surface area contributed by atoms with Crippen LogP contribution in [0.25, 0.3) is 0 Å². The van der Waals surface area contributed by atoms with E-state index in [2.05, 4.69) is 10.2 Å². The van der Waals surface area contributed by atoms with Gasteiger partial charge < -0.3 is 15.0 Å². The van der Waals surface area contributed by atoms with Gasteiger partial charge in [-0.1, -0.05) is 0 Å². The summed E-state index contributed by atoms with van der Waals surface area (Å²) in [6.45, 7) is 6.69. The number of nitrogens with zero attached hydrogens (tertiary/aromatic N) is 2. The second-order valence-electron chi connectivity index (χ2n) is 4.92. The second kappa shape index (κ2) is 6.21. The van der Waals surface area contributed by atoms with E-state index >= 15 is 0 Å². The Hall–Kier alpha value is -0.810. The Balaban J connectivity index is 1.78. The Labute approximate surface area is 103 Å². The number of amides is 2. The first-order valence-electron chi connectivity index (χ1n) is 6.56. The lowest BCUT2D eigenvalue weighted by atomic mass is 9.97. The molecule has 0 radical (unpaired) electrons. The van der Waals surface area contributed by atoms with Crippen LogP contribution in [0.1, 0.15) is 12.8 Å². The molecule has 98 valence electrons. The van der Waals surface area contributed by atoms with Gasteiger partial charge in [-0.3, -0.25) is 4.90 Å². The van der Waals surface area contributed by atoms with Crippen molar-refractivity contribution < 1.29 is 9.53 Å². The number of ether oxygens (including phenoxy) is 1. The van der Waals surface area contributed by atoms with Crippen LogP contribution in [-0.4, -0.2) is 68.8 Å². The lowest BCUT2D eigenvalue weighted by Gasteiger charge is -2.36. The van der Waals surface area contributed by atoms with Gasteiger partial charge in [0.05, 0.1) is 13.2 Å². The number of urea groups is 1. The average molecular weight is 241 g/mol. The van der Waals surface area contributed by atoms with E-state index in [1.165, 1.54) is 6.42 Å². The molecule has 1 N–H and O–H groups in total. The van der Waals surface area contributed by atoms with E-state index in [0.29, 0.717) is 5.92 Å². The van der Waals surface area contributed by atoms with Crippen LogP contribution in [0.15, 0.2) is 0 Å². The first-order valence-corrected chi connectivity index (χ1v) is 6.56. The molecule has 2 aliphatic heterocycles. The molecule has 0 bridgehead atoms. The van der Waals surface area contributed by atoms with E-state index < -0.39 is 0 Å². The molecule has 2 saturated heterocycles. The van der Waals surface area contributed by atoms with Crippen LogP contribution in [0.2, 0.25) is 0 Å². The molecule has 0 aliphatic carbocycles. The molecule has 2 aliphatic rings. The number of rotatable bonds is 2. The van der Waals surface area contributed by atoms with Crippen molar-refractivity contribution in [2.45, 2.75) is 12.8 Å². The molecular weight excluding hydrogens is 218 g/mol. The highest BCUT2D eigenvalue weighted by Gasteiger charge is 2.25. The summed E-state index contributed by atoms with van der Waals surface area (Å²) in [6, 6.07) is 0.0664. The SMILES string of the molecule is CNC(=O)N1CCCC(CN2CCOCC2)C1. The molecule has 2 amide bonds. The minimum absolute atomic E-state index is 0.0664. The minimum atomic E-state index is 0.0664. The normalized spacial score (nSPS) is 26.9. The summed E-state index contributed by atoms with van der Waals surface area (Å²) in [5.74, 6) is 0.624. The monoisotopic (exact) mass is 241 g/mol. The summed E-state index contributed by atoms with van der Waals surface area (Å²) in [6.07, 6.45) is 2.37. The Morgan fingerprint density at radius 2 is 2.12 bits per heavy atom. The van der Waals surface area contributed by atoms with Crippen LogP contribution in [-0.2, 0) is 4.74 Å². The number of morpholine rings is 1. The van der Waals surface area contributed by atoms with Crippen molar-refractivity contribution >= 4 is 6.03 Å². The first kappa shape index (κ1) is 12.6. The number of hydrogen-bond acceptors (Lipinski definition) is 3. The topological polar surface area (TPSA) is 44.8 Å². The van der Waals surface area contributed by atoms with Crippen molar-refractivity contribution in [3.05, 3.63) is 0 Å². The smallest absolute Gasteiger partial charge is 0.317 e. The van der Waals surface area contributed by atoms with Gasteiger partial charge in [0.2, 0.25) is 0 Å². The lowest BCUT2D eigenvalue weighted by Crippen LogP contribution is -2.48. The second-order valence-corrected chi connectivity index (χ2v) is 4.92. The molecule has 1 unspecified atom stereocenters. The number of piperidine rings is 1. The highest BCUT2D eigenvalue weighted by Crippen LogP contribution is 2.18. The highest BCUT2D eigenvalue weighted by atomic mass is 16.5. The summed E-state index contributed by atoms with van der Waals surface area (Å²) in [5, 5.41) is 2.71. The average Bonchev–Trinajstić information content (AvgIpc) is 2.39. The summed E-state index contributed by atoms with van der Waals surface area (Å²) >= 11 is 0. The fourth-order valence-electron chi connectivity index (χ4n) is 2.71. The van der Waals surface area contributed by atoms with Crippen LogP contribution in [0.3, 0.4) is 0 Å². The quantitative estimate of drug-likeness (QED) is 0.760. The van der Waals surface area contributed by atoms with Gasteiger partial charge in [-0.2, -0.15) is 0 Å². The zero-order chi connectivity index (χ0) is 12.1. The van der Waals surface area contributed by atoms with E-state index in [-0.39, 0.29) is 6.03 Å². The van der Waals surface area contributed by atoms with Crippen LogP contribution in [0.4, 0.5) is 4.79 Å². The molecular formula is C12H23N3O2. The van der Waals surface area contributed by atoms with Crippen molar-refractivity contribution in [2.75, 3.05) is 53.0 Å². The standard InChI is InChI=1S/C12H23N3O2/c1-13-12(16)15-4-2-3-11(10-15)9-14-5-7-17-8-6-14/h11H,2-10H2,1H3,(H,13,16). The maximum Gasteiger partial charge on any atom is 0.317 e. The maximum atomic E-state index is 11.6. The largest absolute Gasteiger partial charge is 0.379 e. The van der Waals surface area contributed by atoms with E-state index in [1.807, 2.05) is 4.90 Å². The van der Waals surface area contributed by atoms with Crippen molar-refractivity contribution in [3.63, 3.8) is 0 Å². The lowest BCUT2D eigenvalue weighted by molar-refractivity contribution is 0.0249. The molecule has 0 spiro atoms. The van der Waals surface area contributed by atoms with Gasteiger partial charge in [-0.05, 0) is 18.8 Å². The van der Waals surface area contributed by atoms with Crippen molar-refractivity contribution in [3.8, 4) is 0 Å². The minimum Gasteiger partial charge on any atom is -0.379 e. The third kappa shape index (κ3) is 3.57. The predicted molar refractivity (Wildman–Crippen MR) is 66.0 cm³/mol. The van der Waals surface area contributed by atoms with Gasteiger partial charge in [0.15, 0.2) is 0 Å². The zero-order valence-electron chi connectivity index (χ0n) is 10.7. The van der Waals surface area contributed by atoms with E-state index in [4.69, 9.17) is 4.74 Å². The summed E-state index contributed by atoms with van der Waals surface area (Å²) in [7, 11) is 1.70. The molecule has 5 heteroatoms. The Morgan fingerprint density at radius 3 is 2.82 bits per heavy atom. The molecule has 2 heterocycles. The Bertz CT molecular complexity index is 254. The fourth-order valence-corrected chi connectivity index (χ4v) is 2.71. The molecule has 17 heavy (non-hydrogen) atoms. The summed E-state index contributed by atoms with van der Waals surface area (Å²) in [4.78, 5) is 16.0. The van der Waals surface area contributed by atoms with E-state index in [9.17, 15) is 4.79 Å². The molecule has 2 rings (SSSR count). The van der Waals surface area contributed by atoms with Crippen molar-refractivity contribution in [1.82, 2.24) is 15.1 Å². The van der Waals surface area contributed by atoms with Crippen LogP contribution in [0, 0.1) is 5.92 Å². The van der Waals surface area contributed by atoms with Crippen LogP contribution >= 0.6 is 0 Å². The van der Waals surface area contributed by atoms with Gasteiger partial charge >= 0.3 is 6.03 Å². The van der Waals surface area contributed by atoms with Crippen molar-refractivity contribution in [2.24, 2.45) is 5.92 Å². The van der Waals surface area contributed by atoms with Crippen LogP contribution < -0.4 is 5.32 Å². The summed E-state index contributed by atoms with van der Waals surface area (Å²) < 4.78 is 5.35. The Morgan fingerprint density at radius 1 is 1.35 bits per heavy atom. The van der Waals surface area contributed by atoms with E-state index in [1.54, 1.807) is 7.05 Å². The van der Waals surface area contributed by atoms with Gasteiger partial charge in [0.1, 0.15) is 0 Å². The van der Waals surface area contributed by atoms with E-state index in [0.717, 1.165) is 52.4 Å². The number of carbonyl (C=O) groups excluding carboxylic acids is 1.